The van der Waals surface area contributed by atoms with Gasteiger partial charge in [-0.15, -0.1) is 11.6 Å². The van der Waals surface area contributed by atoms with Crippen molar-refractivity contribution in [2.24, 2.45) is 0 Å². The lowest BCUT2D eigenvalue weighted by atomic mass is 10.0. The Labute approximate surface area is 115 Å². The smallest absolute Gasteiger partial charge is 0.212 e. The zero-order valence-electron chi connectivity index (χ0n) is 10.8. The van der Waals surface area contributed by atoms with E-state index in [1.54, 1.807) is 0 Å². The fraction of sp³-hybridized carbons (Fsp3) is 0.538. The standard InChI is InChI=1S/C13H20ClNO2S/c1-3-13(12-7-5-11(2)6-8-12)15-18(16,17)10-4-9-14/h5-8,13,15H,3-4,9-10H2,1-2H3. The van der Waals surface area contributed by atoms with E-state index in [-0.39, 0.29) is 11.8 Å². The zero-order valence-corrected chi connectivity index (χ0v) is 12.4. The lowest BCUT2D eigenvalue weighted by Crippen LogP contribution is -2.30. The maximum absolute atomic E-state index is 11.8. The highest BCUT2D eigenvalue weighted by Crippen LogP contribution is 2.18. The van der Waals surface area contributed by atoms with Crippen LogP contribution in [0.2, 0.25) is 0 Å². The lowest BCUT2D eigenvalue weighted by molar-refractivity contribution is 0.549. The summed E-state index contributed by atoms with van der Waals surface area (Å²) < 4.78 is 26.4. The van der Waals surface area contributed by atoms with Crippen molar-refractivity contribution >= 4 is 21.6 Å². The van der Waals surface area contributed by atoms with E-state index in [0.717, 1.165) is 12.0 Å². The molecule has 0 aromatic heterocycles. The number of aryl methyl sites for hydroxylation is 1. The van der Waals surface area contributed by atoms with E-state index in [0.29, 0.717) is 12.3 Å². The Morgan fingerprint density at radius 3 is 2.39 bits per heavy atom. The summed E-state index contributed by atoms with van der Waals surface area (Å²) in [5, 5.41) is 0. The van der Waals surface area contributed by atoms with Crippen molar-refractivity contribution in [2.45, 2.75) is 32.7 Å². The van der Waals surface area contributed by atoms with Crippen LogP contribution in [0, 0.1) is 6.92 Å². The predicted molar refractivity (Wildman–Crippen MR) is 76.5 cm³/mol. The largest absolute Gasteiger partial charge is 0.212 e. The third kappa shape index (κ3) is 4.96. The van der Waals surface area contributed by atoms with Crippen molar-refractivity contribution in [3.8, 4) is 0 Å². The summed E-state index contributed by atoms with van der Waals surface area (Å²) in [4.78, 5) is 0. The summed E-state index contributed by atoms with van der Waals surface area (Å²) in [7, 11) is -3.25. The molecule has 3 nitrogen and oxygen atoms in total. The number of alkyl halides is 1. The van der Waals surface area contributed by atoms with Gasteiger partial charge in [-0.25, -0.2) is 13.1 Å². The first-order valence-corrected chi connectivity index (χ1v) is 8.29. The molecule has 0 aliphatic rings. The summed E-state index contributed by atoms with van der Waals surface area (Å²) in [6.45, 7) is 3.98. The van der Waals surface area contributed by atoms with Gasteiger partial charge in [0.05, 0.1) is 5.75 Å². The van der Waals surface area contributed by atoms with Gasteiger partial charge >= 0.3 is 0 Å². The van der Waals surface area contributed by atoms with Crippen LogP contribution >= 0.6 is 11.6 Å². The second-order valence-electron chi connectivity index (χ2n) is 4.35. The minimum absolute atomic E-state index is 0.0822. The summed E-state index contributed by atoms with van der Waals surface area (Å²) in [6, 6.07) is 7.75. The Hall–Kier alpha value is -0.580. The highest BCUT2D eigenvalue weighted by Gasteiger charge is 2.17. The van der Waals surface area contributed by atoms with Crippen molar-refractivity contribution in [3.05, 3.63) is 35.4 Å². The Kier molecular flexibility index (Phi) is 6.12. The number of halogens is 1. The Bertz CT molecular complexity index is 456. The number of hydrogen-bond donors (Lipinski definition) is 1. The van der Waals surface area contributed by atoms with Crippen molar-refractivity contribution in [1.29, 1.82) is 0 Å². The minimum Gasteiger partial charge on any atom is -0.212 e. The number of hydrogen-bond acceptors (Lipinski definition) is 2. The molecule has 18 heavy (non-hydrogen) atoms. The molecule has 1 atom stereocenters. The van der Waals surface area contributed by atoms with Crippen LogP contribution in [0.25, 0.3) is 0 Å². The van der Waals surface area contributed by atoms with E-state index >= 15 is 0 Å². The van der Waals surface area contributed by atoms with E-state index in [1.165, 1.54) is 5.56 Å². The third-order valence-electron chi connectivity index (χ3n) is 2.76. The molecule has 0 spiro atoms. The molecule has 1 aromatic carbocycles. The van der Waals surface area contributed by atoms with Crippen LogP contribution in [0.3, 0.4) is 0 Å². The van der Waals surface area contributed by atoms with E-state index in [2.05, 4.69) is 4.72 Å². The van der Waals surface area contributed by atoms with Gasteiger partial charge in [0.25, 0.3) is 0 Å². The fourth-order valence-electron chi connectivity index (χ4n) is 1.71. The predicted octanol–water partition coefficient (Wildman–Crippen LogP) is 2.99. The van der Waals surface area contributed by atoms with Crippen molar-refractivity contribution in [2.75, 3.05) is 11.6 Å². The summed E-state index contributed by atoms with van der Waals surface area (Å²) in [5.74, 6) is 0.446. The number of rotatable bonds is 7. The van der Waals surface area contributed by atoms with Crippen LogP contribution in [0.4, 0.5) is 0 Å². The van der Waals surface area contributed by atoms with Gasteiger partial charge in [0.2, 0.25) is 10.0 Å². The SMILES string of the molecule is CCC(NS(=O)(=O)CCCCl)c1ccc(C)cc1. The molecule has 1 unspecified atom stereocenters. The monoisotopic (exact) mass is 289 g/mol. The summed E-state index contributed by atoms with van der Waals surface area (Å²) >= 11 is 5.52. The van der Waals surface area contributed by atoms with Crippen molar-refractivity contribution in [1.82, 2.24) is 4.72 Å². The summed E-state index contributed by atoms with van der Waals surface area (Å²) in [6.07, 6.45) is 1.20. The molecule has 0 amide bonds. The molecule has 102 valence electrons. The zero-order chi connectivity index (χ0) is 13.6. The van der Waals surface area contributed by atoms with Gasteiger partial charge in [-0.3, -0.25) is 0 Å². The maximum Gasteiger partial charge on any atom is 0.212 e. The van der Waals surface area contributed by atoms with Gasteiger partial charge in [0.15, 0.2) is 0 Å². The van der Waals surface area contributed by atoms with Gasteiger partial charge in [0, 0.05) is 11.9 Å². The average molecular weight is 290 g/mol. The number of benzene rings is 1. The molecule has 1 rings (SSSR count). The highest BCUT2D eigenvalue weighted by atomic mass is 35.5. The van der Waals surface area contributed by atoms with E-state index in [9.17, 15) is 8.42 Å². The molecule has 0 fully saturated rings. The first-order valence-electron chi connectivity index (χ1n) is 6.11. The van der Waals surface area contributed by atoms with Crippen LogP contribution in [0.1, 0.15) is 36.9 Å². The summed E-state index contributed by atoms with van der Waals surface area (Å²) in [5.41, 5.74) is 2.16. The van der Waals surface area contributed by atoms with Crippen LogP contribution in [0.15, 0.2) is 24.3 Å². The molecule has 0 saturated heterocycles. The van der Waals surface area contributed by atoms with E-state index in [4.69, 9.17) is 11.6 Å². The lowest BCUT2D eigenvalue weighted by Gasteiger charge is -2.17. The molecule has 0 aliphatic heterocycles. The first kappa shape index (κ1) is 15.5. The van der Waals surface area contributed by atoms with Gasteiger partial charge < -0.3 is 0 Å². The van der Waals surface area contributed by atoms with Crippen LogP contribution < -0.4 is 4.72 Å². The van der Waals surface area contributed by atoms with E-state index < -0.39 is 10.0 Å². The number of sulfonamides is 1. The molecule has 5 heteroatoms. The molecular weight excluding hydrogens is 270 g/mol. The maximum atomic E-state index is 11.8. The average Bonchev–Trinajstić information content (AvgIpc) is 2.35. The quantitative estimate of drug-likeness (QED) is 0.785. The second kappa shape index (κ2) is 7.12. The topological polar surface area (TPSA) is 46.2 Å². The Morgan fingerprint density at radius 2 is 1.89 bits per heavy atom. The van der Waals surface area contributed by atoms with Crippen LogP contribution in [-0.4, -0.2) is 20.1 Å². The molecule has 0 saturated carbocycles. The van der Waals surface area contributed by atoms with Crippen LogP contribution in [0.5, 0.6) is 0 Å². The normalized spacial score (nSPS) is 13.5. The molecular formula is C13H20ClNO2S. The second-order valence-corrected chi connectivity index (χ2v) is 6.60. The van der Waals surface area contributed by atoms with Gasteiger partial charge in [-0.1, -0.05) is 36.8 Å². The third-order valence-corrected chi connectivity index (χ3v) is 4.49. The Morgan fingerprint density at radius 1 is 1.28 bits per heavy atom. The highest BCUT2D eigenvalue weighted by molar-refractivity contribution is 7.89. The molecule has 0 heterocycles. The molecule has 0 bridgehead atoms. The fourth-order valence-corrected chi connectivity index (χ4v) is 3.38. The Balaban J connectivity index is 2.76. The van der Waals surface area contributed by atoms with E-state index in [1.807, 2.05) is 38.1 Å². The first-order chi connectivity index (χ1) is 8.48. The minimum atomic E-state index is -3.25. The molecule has 1 N–H and O–H groups in total. The number of nitrogens with one attached hydrogen (secondary N) is 1. The van der Waals surface area contributed by atoms with Crippen molar-refractivity contribution in [3.63, 3.8) is 0 Å². The van der Waals surface area contributed by atoms with Gasteiger partial charge in [-0.2, -0.15) is 0 Å². The van der Waals surface area contributed by atoms with Gasteiger partial charge in [-0.05, 0) is 25.3 Å². The van der Waals surface area contributed by atoms with Crippen molar-refractivity contribution < 1.29 is 8.42 Å². The molecule has 0 aliphatic carbocycles. The molecule has 0 radical (unpaired) electrons. The molecule has 1 aromatic rings. The van der Waals surface area contributed by atoms with Crippen LogP contribution in [-0.2, 0) is 10.0 Å². The van der Waals surface area contributed by atoms with Gasteiger partial charge in [0.1, 0.15) is 0 Å².